The standard InChI is InChI=1S/C19H30N6O3/c1-20-8-12-23(13-9-20)18(24-14-10-21(2)11-15-24)19(26)22(3)16-4-6-17(7-5-16)25(27)28/h4-7,18H,8-15H2,1-3H3. The highest BCUT2D eigenvalue weighted by molar-refractivity contribution is 5.96. The van der Waals surface area contributed by atoms with Crippen LogP contribution in [0.25, 0.3) is 0 Å². The van der Waals surface area contributed by atoms with Gasteiger partial charge in [-0.25, -0.2) is 0 Å². The zero-order valence-corrected chi connectivity index (χ0v) is 17.0. The van der Waals surface area contributed by atoms with E-state index in [0.29, 0.717) is 5.69 Å². The maximum absolute atomic E-state index is 13.5. The molecule has 2 heterocycles. The second-order valence-corrected chi connectivity index (χ2v) is 7.72. The molecule has 28 heavy (non-hydrogen) atoms. The Morgan fingerprint density at radius 3 is 1.75 bits per heavy atom. The molecule has 2 aliphatic heterocycles. The molecule has 154 valence electrons. The number of hydrogen-bond acceptors (Lipinski definition) is 7. The van der Waals surface area contributed by atoms with Gasteiger partial charge in [0.25, 0.3) is 11.6 Å². The first-order valence-corrected chi connectivity index (χ1v) is 9.74. The maximum atomic E-state index is 13.5. The van der Waals surface area contributed by atoms with E-state index in [4.69, 9.17) is 0 Å². The number of amides is 1. The van der Waals surface area contributed by atoms with E-state index in [0.717, 1.165) is 52.4 Å². The van der Waals surface area contributed by atoms with Crippen molar-refractivity contribution in [3.63, 3.8) is 0 Å². The number of carbonyl (C=O) groups excluding carboxylic acids is 1. The van der Waals surface area contributed by atoms with Gasteiger partial charge < -0.3 is 14.7 Å². The molecule has 2 fully saturated rings. The molecule has 0 radical (unpaired) electrons. The number of rotatable bonds is 5. The normalized spacial score (nSPS) is 20.4. The molecule has 0 bridgehead atoms. The molecule has 1 aromatic rings. The Bertz CT molecular complexity index is 659. The number of hydrogen-bond donors (Lipinski definition) is 0. The first kappa shape index (κ1) is 20.7. The van der Waals surface area contributed by atoms with Crippen LogP contribution in [0.4, 0.5) is 11.4 Å². The predicted octanol–water partition coefficient (Wildman–Crippen LogP) is 0.379. The lowest BCUT2D eigenvalue weighted by atomic mass is 10.2. The van der Waals surface area contributed by atoms with Crippen LogP contribution < -0.4 is 4.90 Å². The molecule has 0 N–H and O–H groups in total. The number of non-ortho nitro benzene ring substituents is 1. The van der Waals surface area contributed by atoms with Crippen molar-refractivity contribution >= 4 is 17.3 Å². The lowest BCUT2D eigenvalue weighted by Crippen LogP contribution is -2.64. The van der Waals surface area contributed by atoms with Crippen LogP contribution in [0.15, 0.2) is 24.3 Å². The molecule has 1 amide bonds. The molecule has 9 heteroatoms. The van der Waals surface area contributed by atoms with Gasteiger partial charge in [0.15, 0.2) is 0 Å². The summed E-state index contributed by atoms with van der Waals surface area (Å²) in [6.07, 6.45) is -0.303. The van der Waals surface area contributed by atoms with Gasteiger partial charge in [-0.3, -0.25) is 24.7 Å². The molecule has 2 aliphatic rings. The third kappa shape index (κ3) is 4.67. The van der Waals surface area contributed by atoms with Gasteiger partial charge >= 0.3 is 0 Å². The summed E-state index contributed by atoms with van der Waals surface area (Å²) in [7, 11) is 5.96. The fourth-order valence-corrected chi connectivity index (χ4v) is 3.77. The third-order valence-electron chi connectivity index (χ3n) is 5.77. The summed E-state index contributed by atoms with van der Waals surface area (Å²) in [5.41, 5.74) is 0.697. The second-order valence-electron chi connectivity index (χ2n) is 7.72. The van der Waals surface area contributed by atoms with Gasteiger partial charge in [-0.2, -0.15) is 0 Å². The lowest BCUT2D eigenvalue weighted by Gasteiger charge is -2.45. The van der Waals surface area contributed by atoms with E-state index in [-0.39, 0.29) is 17.8 Å². The fourth-order valence-electron chi connectivity index (χ4n) is 3.77. The van der Waals surface area contributed by atoms with Crippen LogP contribution in [-0.2, 0) is 4.79 Å². The van der Waals surface area contributed by atoms with Crippen molar-refractivity contribution in [3.8, 4) is 0 Å². The molecule has 0 atom stereocenters. The predicted molar refractivity (Wildman–Crippen MR) is 108 cm³/mol. The minimum atomic E-state index is -0.428. The van der Waals surface area contributed by atoms with Crippen LogP contribution in [0.1, 0.15) is 0 Å². The topological polar surface area (TPSA) is 76.4 Å². The number of nitro groups is 1. The summed E-state index contributed by atoms with van der Waals surface area (Å²) in [6.45, 7) is 7.19. The molecular weight excluding hydrogens is 360 g/mol. The molecule has 3 rings (SSSR count). The summed E-state index contributed by atoms with van der Waals surface area (Å²) >= 11 is 0. The van der Waals surface area contributed by atoms with E-state index >= 15 is 0 Å². The van der Waals surface area contributed by atoms with E-state index in [1.807, 2.05) is 0 Å². The van der Waals surface area contributed by atoms with Crippen molar-refractivity contribution < 1.29 is 9.72 Å². The number of nitrogens with zero attached hydrogens (tertiary/aromatic N) is 6. The van der Waals surface area contributed by atoms with Crippen molar-refractivity contribution in [3.05, 3.63) is 34.4 Å². The summed E-state index contributed by atoms with van der Waals surface area (Å²) in [5.74, 6) is 0.0166. The number of anilines is 1. The zero-order chi connectivity index (χ0) is 20.3. The van der Waals surface area contributed by atoms with Gasteiger partial charge in [0.05, 0.1) is 4.92 Å². The largest absolute Gasteiger partial charge is 0.313 e. The van der Waals surface area contributed by atoms with Crippen LogP contribution in [0.3, 0.4) is 0 Å². The average Bonchev–Trinajstić information content (AvgIpc) is 2.70. The van der Waals surface area contributed by atoms with E-state index in [1.165, 1.54) is 12.1 Å². The molecule has 2 saturated heterocycles. The molecule has 9 nitrogen and oxygen atoms in total. The van der Waals surface area contributed by atoms with Crippen LogP contribution in [0.5, 0.6) is 0 Å². The van der Waals surface area contributed by atoms with Crippen LogP contribution in [0.2, 0.25) is 0 Å². The van der Waals surface area contributed by atoms with Crippen molar-refractivity contribution in [1.29, 1.82) is 0 Å². The minimum Gasteiger partial charge on any atom is -0.313 e. The summed E-state index contributed by atoms with van der Waals surface area (Å²) < 4.78 is 0. The number of carbonyl (C=O) groups is 1. The van der Waals surface area contributed by atoms with E-state index in [2.05, 4.69) is 33.7 Å². The van der Waals surface area contributed by atoms with Gasteiger partial charge in [0, 0.05) is 77.2 Å². The zero-order valence-electron chi connectivity index (χ0n) is 17.0. The number of piperazine rings is 2. The Labute approximate surface area is 166 Å². The van der Waals surface area contributed by atoms with Gasteiger partial charge in [-0.05, 0) is 26.2 Å². The first-order chi connectivity index (χ1) is 13.4. The number of benzene rings is 1. The van der Waals surface area contributed by atoms with Gasteiger partial charge in [0.1, 0.15) is 6.17 Å². The third-order valence-corrected chi connectivity index (χ3v) is 5.77. The molecule has 0 spiro atoms. The molecule has 0 saturated carbocycles. The Morgan fingerprint density at radius 1 is 0.929 bits per heavy atom. The summed E-state index contributed by atoms with van der Waals surface area (Å²) in [6, 6.07) is 6.17. The Morgan fingerprint density at radius 2 is 1.36 bits per heavy atom. The average molecular weight is 390 g/mol. The van der Waals surface area contributed by atoms with Crippen LogP contribution >= 0.6 is 0 Å². The number of likely N-dealkylation sites (N-methyl/N-ethyl adjacent to an activating group) is 3. The maximum Gasteiger partial charge on any atom is 0.269 e. The molecule has 0 aromatic heterocycles. The molecule has 1 aromatic carbocycles. The quantitative estimate of drug-likeness (QED) is 0.531. The van der Waals surface area contributed by atoms with Crippen molar-refractivity contribution in [2.75, 3.05) is 78.4 Å². The van der Waals surface area contributed by atoms with Gasteiger partial charge in [-0.15, -0.1) is 0 Å². The van der Waals surface area contributed by atoms with E-state index < -0.39 is 4.92 Å². The fraction of sp³-hybridized carbons (Fsp3) is 0.632. The number of nitro benzene ring substituents is 1. The van der Waals surface area contributed by atoms with Crippen molar-refractivity contribution in [1.82, 2.24) is 19.6 Å². The highest BCUT2D eigenvalue weighted by atomic mass is 16.6. The molecule has 0 unspecified atom stereocenters. The Hall–Kier alpha value is -2.07. The summed E-state index contributed by atoms with van der Waals surface area (Å²) in [5, 5.41) is 10.9. The van der Waals surface area contributed by atoms with Gasteiger partial charge in [0.2, 0.25) is 0 Å². The highest BCUT2D eigenvalue weighted by Crippen LogP contribution is 2.22. The highest BCUT2D eigenvalue weighted by Gasteiger charge is 2.36. The van der Waals surface area contributed by atoms with Crippen LogP contribution in [0, 0.1) is 10.1 Å². The summed E-state index contributed by atoms with van der Waals surface area (Å²) in [4.78, 5) is 34.7. The molecular formula is C19H30N6O3. The molecule has 0 aliphatic carbocycles. The van der Waals surface area contributed by atoms with Crippen LogP contribution in [-0.4, -0.2) is 110 Å². The van der Waals surface area contributed by atoms with Gasteiger partial charge in [-0.1, -0.05) is 0 Å². The van der Waals surface area contributed by atoms with E-state index in [1.54, 1.807) is 24.1 Å². The Balaban J connectivity index is 1.79. The first-order valence-electron chi connectivity index (χ1n) is 9.74. The second kappa shape index (κ2) is 8.95. The smallest absolute Gasteiger partial charge is 0.269 e. The SMILES string of the molecule is CN1CCN(C(C(=O)N(C)c2ccc([N+](=O)[O-])cc2)N2CCN(C)CC2)CC1. The van der Waals surface area contributed by atoms with E-state index in [9.17, 15) is 14.9 Å². The van der Waals surface area contributed by atoms with Crippen molar-refractivity contribution in [2.24, 2.45) is 0 Å². The lowest BCUT2D eigenvalue weighted by molar-refractivity contribution is -0.384. The Kier molecular flexibility index (Phi) is 6.61. The van der Waals surface area contributed by atoms with Crippen molar-refractivity contribution in [2.45, 2.75) is 6.17 Å². The minimum absolute atomic E-state index is 0.0166. The monoisotopic (exact) mass is 390 g/mol.